The van der Waals surface area contributed by atoms with Crippen LogP contribution in [0.5, 0.6) is 0 Å². The molecule has 0 fully saturated rings. The average Bonchev–Trinajstić information content (AvgIpc) is 3.02. The molecule has 0 radical (unpaired) electrons. The zero-order valence-corrected chi connectivity index (χ0v) is 27.5. The molecule has 0 aliphatic heterocycles. The molecule has 45 heavy (non-hydrogen) atoms. The van der Waals surface area contributed by atoms with Crippen molar-refractivity contribution in [3.05, 3.63) is 72.4 Å². The van der Waals surface area contributed by atoms with E-state index >= 15 is 0 Å². The van der Waals surface area contributed by atoms with Gasteiger partial charge in [0, 0.05) is 26.6 Å². The van der Waals surface area contributed by atoms with E-state index < -0.39 is 13.6 Å². The van der Waals surface area contributed by atoms with Gasteiger partial charge in [0.25, 0.3) is 0 Å². The topological polar surface area (TPSA) is 168 Å². The number of allylic oxidation sites excluding steroid dienone is 5. The summed E-state index contributed by atoms with van der Waals surface area (Å²) in [5.74, 6) is -1.65. The summed E-state index contributed by atoms with van der Waals surface area (Å²) in [4.78, 5) is 33.9. The first kappa shape index (κ1) is 41.8. The summed E-state index contributed by atoms with van der Waals surface area (Å²) in [6.07, 6.45) is 7.64. The minimum Gasteiger partial charge on any atom is -0.480 e. The predicted octanol–water partition coefficient (Wildman–Crippen LogP) is 3.51. The van der Waals surface area contributed by atoms with Crippen LogP contribution in [0.15, 0.2) is 66.8 Å². The van der Waals surface area contributed by atoms with E-state index in [9.17, 15) is 18.9 Å². The zero-order valence-electron chi connectivity index (χ0n) is 26.6. The first-order chi connectivity index (χ1) is 21.6. The highest BCUT2D eigenvalue weighted by atomic mass is 31.2. The number of ether oxygens (including phenoxy) is 4. The molecule has 0 saturated carbocycles. The van der Waals surface area contributed by atoms with E-state index in [1.54, 1.807) is 6.08 Å². The maximum absolute atomic E-state index is 12.6. The Hall–Kier alpha value is -3.16. The van der Waals surface area contributed by atoms with E-state index in [-0.39, 0.29) is 96.9 Å². The second kappa shape index (κ2) is 28.3. The fraction of sp³-hybridized carbons (Fsp3) is 0.516. The number of hydrogen-bond donors (Lipinski definition) is 3. The number of hydrogen-bond acceptors (Lipinski definition) is 10. The van der Waals surface area contributed by atoms with Crippen LogP contribution in [0.25, 0.3) is 0 Å². The Morgan fingerprint density at radius 2 is 1.42 bits per heavy atom. The Morgan fingerprint density at radius 1 is 0.844 bits per heavy atom. The summed E-state index contributed by atoms with van der Waals surface area (Å²) in [5, 5.41) is 13.7. The van der Waals surface area contributed by atoms with E-state index in [0.29, 0.717) is 0 Å². The molecule has 1 rings (SSSR count). The fourth-order valence-corrected chi connectivity index (χ4v) is 4.19. The molecule has 1 unspecified atom stereocenters. The first-order valence-electron chi connectivity index (χ1n) is 14.4. The molecule has 0 aliphatic carbocycles. The van der Waals surface area contributed by atoms with Crippen LogP contribution >= 0.6 is 7.60 Å². The van der Waals surface area contributed by atoms with Crippen molar-refractivity contribution in [1.82, 2.24) is 10.6 Å². The van der Waals surface area contributed by atoms with Crippen LogP contribution in [-0.4, -0.2) is 102 Å². The molecular formula is C31H49N2O11P. The SMILES string of the molecule is C=C/C=C\C=C(C)C.COP(=O)(CCC(=O)NCCOCCOCC(=O)NCCOCCOCC(=O)O)OCc1ccccc1. The number of benzene rings is 1. The van der Waals surface area contributed by atoms with Crippen LogP contribution in [-0.2, 0) is 53.6 Å². The van der Waals surface area contributed by atoms with Crippen molar-refractivity contribution < 1.29 is 52.1 Å². The second-order valence-corrected chi connectivity index (χ2v) is 11.6. The normalized spacial score (nSPS) is 12.0. The molecule has 14 heteroatoms. The summed E-state index contributed by atoms with van der Waals surface area (Å²) in [5.41, 5.74) is 2.16. The minimum atomic E-state index is -3.37. The molecule has 254 valence electrons. The van der Waals surface area contributed by atoms with Crippen LogP contribution in [0.1, 0.15) is 25.8 Å². The average molecular weight is 657 g/mol. The number of carbonyl (C=O) groups excluding carboxylic acids is 2. The Bertz CT molecular complexity index is 1060. The number of amides is 2. The van der Waals surface area contributed by atoms with Crippen molar-refractivity contribution >= 4 is 25.4 Å². The maximum Gasteiger partial charge on any atom is 0.331 e. The maximum atomic E-state index is 12.6. The van der Waals surface area contributed by atoms with Crippen molar-refractivity contribution in [2.75, 3.05) is 79.2 Å². The van der Waals surface area contributed by atoms with E-state index in [1.165, 1.54) is 12.7 Å². The Balaban J connectivity index is 0.00000212. The molecule has 13 nitrogen and oxygen atoms in total. The minimum absolute atomic E-state index is 0.0122. The van der Waals surface area contributed by atoms with Crippen LogP contribution < -0.4 is 10.6 Å². The van der Waals surface area contributed by atoms with Gasteiger partial charge in [-0.15, -0.1) is 0 Å². The monoisotopic (exact) mass is 656 g/mol. The Labute approximate surface area is 266 Å². The lowest BCUT2D eigenvalue weighted by atomic mass is 10.2. The Kier molecular flexibility index (Phi) is 26.3. The predicted molar refractivity (Wildman–Crippen MR) is 171 cm³/mol. The molecule has 0 saturated heterocycles. The lowest BCUT2D eigenvalue weighted by Gasteiger charge is -2.16. The van der Waals surface area contributed by atoms with Crippen LogP contribution in [0.2, 0.25) is 0 Å². The van der Waals surface area contributed by atoms with Crippen molar-refractivity contribution in [2.24, 2.45) is 0 Å². The molecule has 0 bridgehead atoms. The number of nitrogens with one attached hydrogen (secondary N) is 2. The zero-order chi connectivity index (χ0) is 33.6. The van der Waals surface area contributed by atoms with Gasteiger partial charge >= 0.3 is 13.6 Å². The van der Waals surface area contributed by atoms with Gasteiger partial charge in [0.15, 0.2) is 0 Å². The smallest absolute Gasteiger partial charge is 0.331 e. The Morgan fingerprint density at radius 3 is 1.98 bits per heavy atom. The van der Waals surface area contributed by atoms with E-state index in [2.05, 4.69) is 31.1 Å². The summed E-state index contributed by atoms with van der Waals surface area (Å²) >= 11 is 0. The van der Waals surface area contributed by atoms with Gasteiger partial charge in [0.2, 0.25) is 11.8 Å². The van der Waals surface area contributed by atoms with Crippen LogP contribution in [0.3, 0.4) is 0 Å². The summed E-state index contributed by atoms with van der Waals surface area (Å²) in [6, 6.07) is 9.26. The van der Waals surface area contributed by atoms with Gasteiger partial charge in [-0.3, -0.25) is 14.2 Å². The molecule has 0 spiro atoms. The molecular weight excluding hydrogens is 607 g/mol. The quantitative estimate of drug-likeness (QED) is 0.0800. The van der Waals surface area contributed by atoms with E-state index in [1.807, 2.05) is 48.6 Å². The van der Waals surface area contributed by atoms with Gasteiger partial charge in [-0.05, 0) is 19.4 Å². The number of aliphatic carboxylic acids is 1. The summed E-state index contributed by atoms with van der Waals surface area (Å²) < 4.78 is 43.6. The highest BCUT2D eigenvalue weighted by Gasteiger charge is 2.24. The van der Waals surface area contributed by atoms with Gasteiger partial charge in [-0.2, -0.15) is 0 Å². The van der Waals surface area contributed by atoms with Crippen molar-refractivity contribution in [2.45, 2.75) is 26.9 Å². The van der Waals surface area contributed by atoms with Gasteiger partial charge in [-0.25, -0.2) is 4.79 Å². The van der Waals surface area contributed by atoms with Crippen LogP contribution in [0.4, 0.5) is 0 Å². The molecule has 1 atom stereocenters. The van der Waals surface area contributed by atoms with Crippen LogP contribution in [0, 0.1) is 0 Å². The lowest BCUT2D eigenvalue weighted by Crippen LogP contribution is -2.31. The lowest BCUT2D eigenvalue weighted by molar-refractivity contribution is -0.142. The van der Waals surface area contributed by atoms with Crippen molar-refractivity contribution in [3.8, 4) is 0 Å². The van der Waals surface area contributed by atoms with E-state index in [0.717, 1.165) is 5.56 Å². The molecule has 0 aliphatic rings. The second-order valence-electron chi connectivity index (χ2n) is 9.31. The largest absolute Gasteiger partial charge is 0.480 e. The van der Waals surface area contributed by atoms with Gasteiger partial charge in [-0.1, -0.05) is 66.8 Å². The standard InChI is InChI=1S/C23H37N2O11P.C8H12/c1-31-37(30,36-17-20-5-3-2-4-6-20)16-7-21(26)24-8-10-32-12-14-34-18-22(27)25-9-11-33-13-15-35-19-23(28)29;1-4-5-6-7-8(2)3/h2-6H,7-19H2,1H3,(H,24,26)(H,25,27)(H,28,29);4-7H,1H2,2-3H3/b;6-5-. The third-order valence-electron chi connectivity index (χ3n) is 5.18. The highest BCUT2D eigenvalue weighted by molar-refractivity contribution is 7.53. The number of carboxylic acids is 1. The fourth-order valence-electron chi connectivity index (χ4n) is 2.95. The molecule has 2 amide bonds. The molecule has 0 aromatic heterocycles. The van der Waals surface area contributed by atoms with Gasteiger partial charge in [0.05, 0.1) is 52.4 Å². The molecule has 1 aromatic rings. The number of rotatable bonds is 25. The molecule has 1 aromatic carbocycles. The van der Waals surface area contributed by atoms with E-state index in [4.69, 9.17) is 33.1 Å². The summed E-state index contributed by atoms with van der Waals surface area (Å²) in [7, 11) is -2.08. The third kappa shape index (κ3) is 28.1. The van der Waals surface area contributed by atoms with Gasteiger partial charge in [0.1, 0.15) is 13.2 Å². The number of carboxylic acid groups (broad SMARTS) is 1. The van der Waals surface area contributed by atoms with Crippen molar-refractivity contribution in [3.63, 3.8) is 0 Å². The van der Waals surface area contributed by atoms with Crippen molar-refractivity contribution in [1.29, 1.82) is 0 Å². The number of carbonyl (C=O) groups is 3. The molecule has 0 heterocycles. The third-order valence-corrected chi connectivity index (χ3v) is 7.03. The highest BCUT2D eigenvalue weighted by Crippen LogP contribution is 2.48. The molecule has 3 N–H and O–H groups in total. The summed E-state index contributed by atoms with van der Waals surface area (Å²) in [6.45, 7) is 9.20. The van der Waals surface area contributed by atoms with Gasteiger partial charge < -0.3 is 43.7 Å². The first-order valence-corrected chi connectivity index (χ1v) is 16.2.